The van der Waals surface area contributed by atoms with E-state index in [0.717, 1.165) is 29.7 Å². The topological polar surface area (TPSA) is 80.2 Å². The summed E-state index contributed by atoms with van der Waals surface area (Å²) in [5, 5.41) is 12.4. The number of aromatic nitrogens is 3. The highest BCUT2D eigenvalue weighted by Gasteiger charge is 2.38. The summed E-state index contributed by atoms with van der Waals surface area (Å²) in [7, 11) is 0. The number of nitrogens with zero attached hydrogens (tertiary/aromatic N) is 4. The van der Waals surface area contributed by atoms with Crippen LogP contribution in [0.1, 0.15) is 60.3 Å². The van der Waals surface area contributed by atoms with E-state index in [1.165, 1.54) is 17.4 Å². The molecule has 0 saturated heterocycles. The molecule has 1 aliphatic heterocycles. The summed E-state index contributed by atoms with van der Waals surface area (Å²) in [5.74, 6) is -0.131. The number of carbonyl (C=O) groups excluding carboxylic acids is 1. The summed E-state index contributed by atoms with van der Waals surface area (Å²) in [6.45, 7) is 4.82. The monoisotopic (exact) mass is 543 g/mol. The maximum Gasteiger partial charge on any atom is 0.425 e. The minimum Gasteiger partial charge on any atom is -0.465 e. The van der Waals surface area contributed by atoms with E-state index in [-0.39, 0.29) is 24.2 Å². The summed E-state index contributed by atoms with van der Waals surface area (Å²) in [5.41, 5.74) is 0.470. The number of pyridine rings is 1. The molecular weight excluding hydrogens is 510 g/mol. The van der Waals surface area contributed by atoms with Crippen LogP contribution >= 0.6 is 11.3 Å². The molecule has 2 aliphatic rings. The van der Waals surface area contributed by atoms with E-state index in [1.54, 1.807) is 6.07 Å². The van der Waals surface area contributed by atoms with Crippen LogP contribution in [0.3, 0.4) is 0 Å². The highest BCUT2D eigenvalue weighted by molar-refractivity contribution is 7.11. The van der Waals surface area contributed by atoms with Gasteiger partial charge in [0.25, 0.3) is 0 Å². The standard InChI is InChI=1S/C25H33F4N5O2S/c1-16(25(27,28)29)36-22-4-3-18-7-12-34(13-8-20(18)31-22)14-11-24(26)9-5-19(6-10-24)30-21(35)15-23-33-32-17(2)37-23/h3-4,16,19H,5-15H2,1-2H3,(H,30,35)/t16-,19-,24+/m1/s1. The second-order valence-corrected chi connectivity index (χ2v) is 11.3. The van der Waals surface area contributed by atoms with Crippen LogP contribution in [0.4, 0.5) is 17.6 Å². The smallest absolute Gasteiger partial charge is 0.425 e. The van der Waals surface area contributed by atoms with Crippen molar-refractivity contribution in [2.24, 2.45) is 0 Å². The van der Waals surface area contributed by atoms with Crippen molar-refractivity contribution in [1.82, 2.24) is 25.4 Å². The number of ether oxygens (including phenoxy) is 1. The number of amides is 1. The molecule has 7 nitrogen and oxygen atoms in total. The first kappa shape index (κ1) is 27.7. The van der Waals surface area contributed by atoms with Crippen molar-refractivity contribution in [3.05, 3.63) is 33.4 Å². The number of hydrogen-bond acceptors (Lipinski definition) is 7. The average Bonchev–Trinajstić information content (AvgIpc) is 3.13. The lowest BCUT2D eigenvalue weighted by atomic mass is 9.81. The Hall–Kier alpha value is -2.34. The summed E-state index contributed by atoms with van der Waals surface area (Å²) in [6, 6.07) is 3.24. The van der Waals surface area contributed by atoms with Gasteiger partial charge in [0.15, 0.2) is 6.10 Å². The molecule has 12 heteroatoms. The molecule has 4 rings (SSSR count). The molecule has 1 amide bonds. The summed E-state index contributed by atoms with van der Waals surface area (Å²) in [6.07, 6.45) is -2.46. The molecule has 0 aromatic carbocycles. The number of hydrogen-bond donors (Lipinski definition) is 1. The van der Waals surface area contributed by atoms with Crippen molar-refractivity contribution in [2.45, 2.75) is 89.2 Å². The Bertz CT molecular complexity index is 1070. The van der Waals surface area contributed by atoms with Crippen LogP contribution in [0.5, 0.6) is 5.88 Å². The molecule has 1 atom stereocenters. The van der Waals surface area contributed by atoms with Gasteiger partial charge in [0.05, 0.1) is 6.42 Å². The van der Waals surface area contributed by atoms with Crippen LogP contribution in [0.25, 0.3) is 0 Å². The number of halogens is 4. The third kappa shape index (κ3) is 7.83. The van der Waals surface area contributed by atoms with Crippen molar-refractivity contribution in [2.75, 3.05) is 19.6 Å². The molecule has 0 unspecified atom stereocenters. The molecule has 0 radical (unpaired) electrons. The molecule has 1 saturated carbocycles. The van der Waals surface area contributed by atoms with Gasteiger partial charge < -0.3 is 15.0 Å². The summed E-state index contributed by atoms with van der Waals surface area (Å²) in [4.78, 5) is 18.8. The third-order valence-electron chi connectivity index (χ3n) is 7.17. The van der Waals surface area contributed by atoms with Crippen LogP contribution in [0.15, 0.2) is 12.1 Å². The number of rotatable bonds is 8. The van der Waals surface area contributed by atoms with E-state index < -0.39 is 17.9 Å². The number of carbonyl (C=O) groups is 1. The maximum atomic E-state index is 15.5. The molecule has 1 N–H and O–H groups in total. The lowest BCUT2D eigenvalue weighted by Gasteiger charge is -2.35. The normalized spacial score (nSPS) is 23.7. The SMILES string of the molecule is Cc1nnc(CC(=O)N[C@H]2CC[C@](F)(CCN3CCc4ccc(O[C@H](C)C(F)(F)F)nc4CC3)CC2)s1. The molecule has 37 heavy (non-hydrogen) atoms. The summed E-state index contributed by atoms with van der Waals surface area (Å²) >= 11 is 1.40. The fraction of sp³-hybridized carbons (Fsp3) is 0.680. The minimum atomic E-state index is -4.45. The Morgan fingerprint density at radius 3 is 2.65 bits per heavy atom. The lowest BCUT2D eigenvalue weighted by Crippen LogP contribution is -2.43. The largest absolute Gasteiger partial charge is 0.465 e. The molecule has 2 aromatic rings. The van der Waals surface area contributed by atoms with E-state index in [4.69, 9.17) is 4.74 Å². The highest BCUT2D eigenvalue weighted by Crippen LogP contribution is 2.35. The fourth-order valence-corrected chi connectivity index (χ4v) is 5.57. The van der Waals surface area contributed by atoms with Crippen molar-refractivity contribution in [1.29, 1.82) is 0 Å². The Morgan fingerprint density at radius 1 is 1.24 bits per heavy atom. The minimum absolute atomic E-state index is 0.0259. The van der Waals surface area contributed by atoms with E-state index in [0.29, 0.717) is 63.0 Å². The van der Waals surface area contributed by atoms with Crippen LogP contribution in [-0.4, -0.2) is 69.6 Å². The predicted octanol–water partition coefficient (Wildman–Crippen LogP) is 4.37. The van der Waals surface area contributed by atoms with Crippen LogP contribution in [-0.2, 0) is 24.1 Å². The predicted molar refractivity (Wildman–Crippen MR) is 131 cm³/mol. The van der Waals surface area contributed by atoms with Crippen molar-refractivity contribution >= 4 is 17.2 Å². The number of alkyl halides is 4. The van der Waals surface area contributed by atoms with Gasteiger partial charge in [0.1, 0.15) is 15.7 Å². The van der Waals surface area contributed by atoms with Gasteiger partial charge in [-0.2, -0.15) is 13.2 Å². The Kier molecular flexibility index (Phi) is 8.67. The van der Waals surface area contributed by atoms with Gasteiger partial charge >= 0.3 is 6.18 Å². The van der Waals surface area contributed by atoms with Crippen LogP contribution in [0, 0.1) is 6.92 Å². The number of aryl methyl sites for hydroxylation is 1. The van der Waals surface area contributed by atoms with Crippen molar-refractivity contribution in [3.8, 4) is 5.88 Å². The number of fused-ring (bicyclic) bond motifs is 1. The molecule has 204 valence electrons. The lowest BCUT2D eigenvalue weighted by molar-refractivity contribution is -0.190. The molecule has 3 heterocycles. The van der Waals surface area contributed by atoms with Gasteiger partial charge in [0, 0.05) is 43.9 Å². The first-order chi connectivity index (χ1) is 17.5. The highest BCUT2D eigenvalue weighted by atomic mass is 32.1. The second kappa shape index (κ2) is 11.6. The van der Waals surface area contributed by atoms with Gasteiger partial charge in [0.2, 0.25) is 11.8 Å². The van der Waals surface area contributed by atoms with E-state index in [2.05, 4.69) is 25.4 Å². The van der Waals surface area contributed by atoms with Gasteiger partial charge in [-0.15, -0.1) is 21.5 Å². The van der Waals surface area contributed by atoms with Crippen LogP contribution in [0.2, 0.25) is 0 Å². The zero-order valence-corrected chi connectivity index (χ0v) is 21.9. The zero-order chi connectivity index (χ0) is 26.6. The van der Waals surface area contributed by atoms with Crippen LogP contribution < -0.4 is 10.1 Å². The molecule has 0 bridgehead atoms. The first-order valence-electron chi connectivity index (χ1n) is 12.7. The van der Waals surface area contributed by atoms with Crippen molar-refractivity contribution < 1.29 is 27.1 Å². The Morgan fingerprint density at radius 2 is 1.97 bits per heavy atom. The third-order valence-corrected chi connectivity index (χ3v) is 8.00. The Labute approximate surface area is 218 Å². The van der Waals surface area contributed by atoms with Gasteiger partial charge in [-0.3, -0.25) is 4.79 Å². The Balaban J connectivity index is 1.21. The van der Waals surface area contributed by atoms with Gasteiger partial charge in [-0.05, 0) is 57.9 Å². The summed E-state index contributed by atoms with van der Waals surface area (Å²) < 4.78 is 58.9. The average molecular weight is 544 g/mol. The zero-order valence-electron chi connectivity index (χ0n) is 21.1. The second-order valence-electron chi connectivity index (χ2n) is 10.0. The fourth-order valence-electron chi connectivity index (χ4n) is 4.86. The van der Waals surface area contributed by atoms with Gasteiger partial charge in [-0.25, -0.2) is 9.37 Å². The molecule has 0 spiro atoms. The quantitative estimate of drug-likeness (QED) is 0.498. The molecule has 2 aromatic heterocycles. The first-order valence-corrected chi connectivity index (χ1v) is 13.5. The molecule has 1 fully saturated rings. The van der Waals surface area contributed by atoms with E-state index in [1.807, 2.05) is 6.92 Å². The maximum absolute atomic E-state index is 15.5. The number of nitrogens with one attached hydrogen (secondary N) is 1. The van der Waals surface area contributed by atoms with Crippen molar-refractivity contribution in [3.63, 3.8) is 0 Å². The van der Waals surface area contributed by atoms with E-state index in [9.17, 15) is 18.0 Å². The van der Waals surface area contributed by atoms with Gasteiger partial charge in [-0.1, -0.05) is 6.07 Å². The van der Waals surface area contributed by atoms with E-state index >= 15 is 4.39 Å². The molecule has 1 aliphatic carbocycles. The molecular formula is C25H33F4N5O2S.